The molecule has 0 unspecified atom stereocenters. The lowest BCUT2D eigenvalue weighted by molar-refractivity contribution is -0.143. The molecule has 0 aliphatic carbocycles. The van der Waals surface area contributed by atoms with Crippen LogP contribution in [-0.4, -0.2) is 4.57 Å². The van der Waals surface area contributed by atoms with Crippen LogP contribution in [0.25, 0.3) is 0 Å². The van der Waals surface area contributed by atoms with Crippen molar-refractivity contribution in [3.63, 3.8) is 0 Å². The van der Waals surface area contributed by atoms with Gasteiger partial charge < -0.3 is 0 Å². The van der Waals surface area contributed by atoms with Crippen LogP contribution in [0.2, 0.25) is 0 Å². The van der Waals surface area contributed by atoms with Gasteiger partial charge in [0.2, 0.25) is 0 Å². The van der Waals surface area contributed by atoms with Crippen molar-refractivity contribution in [3.05, 3.63) is 20.7 Å². The molecular formula is C8H6F3NOS. The van der Waals surface area contributed by atoms with E-state index >= 15 is 0 Å². The Kier molecular flexibility index (Phi) is 3.01. The normalized spacial score (nSPS) is 10.9. The van der Waals surface area contributed by atoms with E-state index in [2.05, 4.69) is 11.8 Å². The molecule has 0 saturated heterocycles. The molecule has 76 valence electrons. The first-order chi connectivity index (χ1) is 6.46. The van der Waals surface area contributed by atoms with Crippen LogP contribution in [0.1, 0.15) is 12.6 Å². The SMILES string of the molecule is CC#CCn1c(C(F)(F)F)csc1=O. The molecule has 14 heavy (non-hydrogen) atoms. The summed E-state index contributed by atoms with van der Waals surface area (Å²) in [5, 5.41) is 0.805. The summed E-state index contributed by atoms with van der Waals surface area (Å²) in [5.41, 5.74) is -0.935. The number of halogens is 3. The van der Waals surface area contributed by atoms with E-state index < -0.39 is 16.7 Å². The molecule has 1 aromatic rings. The number of aromatic nitrogens is 1. The van der Waals surface area contributed by atoms with E-state index in [1.165, 1.54) is 6.92 Å². The Morgan fingerprint density at radius 3 is 2.71 bits per heavy atom. The van der Waals surface area contributed by atoms with Crippen molar-refractivity contribution in [1.82, 2.24) is 4.57 Å². The van der Waals surface area contributed by atoms with Gasteiger partial charge in [-0.1, -0.05) is 17.3 Å². The summed E-state index contributed by atoms with van der Waals surface area (Å²) < 4.78 is 37.5. The Hall–Kier alpha value is -1.22. The minimum absolute atomic E-state index is 0.215. The number of thiazole rings is 1. The van der Waals surface area contributed by atoms with Crippen LogP contribution >= 0.6 is 11.3 Å². The molecule has 0 aromatic carbocycles. The predicted molar refractivity (Wildman–Crippen MR) is 47.0 cm³/mol. The van der Waals surface area contributed by atoms with E-state index in [0.717, 1.165) is 5.38 Å². The highest BCUT2D eigenvalue weighted by Crippen LogP contribution is 2.29. The zero-order valence-electron chi connectivity index (χ0n) is 7.18. The molecule has 1 heterocycles. The summed E-state index contributed by atoms with van der Waals surface area (Å²) in [6, 6.07) is 0. The standard InChI is InChI=1S/C8H6F3NOS/c1-2-3-4-12-6(8(9,10)11)5-14-7(12)13/h5H,4H2,1H3. The quantitative estimate of drug-likeness (QED) is 0.664. The van der Waals surface area contributed by atoms with Crippen molar-refractivity contribution in [3.8, 4) is 11.8 Å². The zero-order chi connectivity index (χ0) is 10.8. The van der Waals surface area contributed by atoms with Crippen molar-refractivity contribution < 1.29 is 13.2 Å². The highest BCUT2D eigenvalue weighted by molar-refractivity contribution is 7.07. The predicted octanol–water partition coefficient (Wildman–Crippen LogP) is 1.95. The third-order valence-electron chi connectivity index (χ3n) is 1.49. The molecule has 0 saturated carbocycles. The fourth-order valence-corrected chi connectivity index (χ4v) is 1.62. The first-order valence-electron chi connectivity index (χ1n) is 3.62. The van der Waals surface area contributed by atoms with Crippen molar-refractivity contribution >= 4 is 11.3 Å². The summed E-state index contributed by atoms with van der Waals surface area (Å²) in [6.07, 6.45) is -4.49. The maximum Gasteiger partial charge on any atom is 0.432 e. The second kappa shape index (κ2) is 3.88. The fourth-order valence-electron chi connectivity index (χ4n) is 0.859. The molecule has 1 aromatic heterocycles. The van der Waals surface area contributed by atoms with Crippen molar-refractivity contribution in [2.75, 3.05) is 0 Å². The Morgan fingerprint density at radius 1 is 1.57 bits per heavy atom. The molecular weight excluding hydrogens is 215 g/mol. The van der Waals surface area contributed by atoms with Crippen LogP contribution < -0.4 is 4.87 Å². The molecule has 2 nitrogen and oxygen atoms in total. The lowest BCUT2D eigenvalue weighted by atomic mass is 10.4. The molecule has 0 bridgehead atoms. The number of nitrogens with zero attached hydrogens (tertiary/aromatic N) is 1. The number of hydrogen-bond acceptors (Lipinski definition) is 2. The Labute approximate surface area is 82.0 Å². The smallest absolute Gasteiger partial charge is 0.283 e. The summed E-state index contributed by atoms with van der Waals surface area (Å²) in [4.78, 5) is 10.4. The minimum atomic E-state index is -4.49. The molecule has 0 radical (unpaired) electrons. The van der Waals surface area contributed by atoms with Gasteiger partial charge in [0.1, 0.15) is 5.69 Å². The first-order valence-corrected chi connectivity index (χ1v) is 4.50. The molecule has 0 atom stereocenters. The number of rotatable bonds is 1. The van der Waals surface area contributed by atoms with Crippen molar-refractivity contribution in [2.24, 2.45) is 0 Å². The van der Waals surface area contributed by atoms with Crippen LogP contribution in [0.15, 0.2) is 10.2 Å². The summed E-state index contributed by atoms with van der Waals surface area (Å²) in [6.45, 7) is 1.29. The van der Waals surface area contributed by atoms with Crippen LogP contribution in [0, 0.1) is 11.8 Å². The van der Waals surface area contributed by atoms with Gasteiger partial charge in [0.05, 0.1) is 6.54 Å². The highest BCUT2D eigenvalue weighted by Gasteiger charge is 2.35. The molecule has 1 rings (SSSR count). The maximum absolute atomic E-state index is 12.3. The van der Waals surface area contributed by atoms with E-state index in [0.29, 0.717) is 15.9 Å². The third-order valence-corrected chi connectivity index (χ3v) is 2.25. The molecule has 0 spiro atoms. The minimum Gasteiger partial charge on any atom is -0.283 e. The van der Waals surface area contributed by atoms with E-state index in [-0.39, 0.29) is 6.54 Å². The van der Waals surface area contributed by atoms with Gasteiger partial charge in [-0.15, -0.1) is 5.92 Å². The molecule has 0 N–H and O–H groups in total. The summed E-state index contributed by atoms with van der Waals surface area (Å²) in [5.74, 6) is 4.86. The van der Waals surface area contributed by atoms with Gasteiger partial charge in [-0.2, -0.15) is 13.2 Å². The molecule has 0 amide bonds. The average molecular weight is 221 g/mol. The summed E-state index contributed by atoms with van der Waals surface area (Å²) in [7, 11) is 0. The van der Waals surface area contributed by atoms with Gasteiger partial charge in [0.15, 0.2) is 0 Å². The van der Waals surface area contributed by atoms with Gasteiger partial charge in [0, 0.05) is 5.38 Å². The number of hydrogen-bond donors (Lipinski definition) is 0. The Bertz CT molecular complexity index is 432. The monoisotopic (exact) mass is 221 g/mol. The fraction of sp³-hybridized carbons (Fsp3) is 0.375. The summed E-state index contributed by atoms with van der Waals surface area (Å²) >= 11 is 0.528. The van der Waals surface area contributed by atoms with E-state index in [4.69, 9.17) is 0 Å². The van der Waals surface area contributed by atoms with E-state index in [1.54, 1.807) is 0 Å². The highest BCUT2D eigenvalue weighted by atomic mass is 32.1. The Morgan fingerprint density at radius 2 is 2.21 bits per heavy atom. The lowest BCUT2D eigenvalue weighted by Gasteiger charge is -2.06. The van der Waals surface area contributed by atoms with Crippen LogP contribution in [-0.2, 0) is 12.7 Å². The van der Waals surface area contributed by atoms with E-state index in [9.17, 15) is 18.0 Å². The van der Waals surface area contributed by atoms with Gasteiger partial charge >= 0.3 is 11.0 Å². The average Bonchev–Trinajstić information content (AvgIpc) is 2.42. The van der Waals surface area contributed by atoms with Crippen molar-refractivity contribution in [1.29, 1.82) is 0 Å². The lowest BCUT2D eigenvalue weighted by Crippen LogP contribution is -2.20. The molecule has 0 fully saturated rings. The van der Waals surface area contributed by atoms with Crippen LogP contribution in [0.3, 0.4) is 0 Å². The van der Waals surface area contributed by atoms with Gasteiger partial charge in [0.25, 0.3) is 0 Å². The van der Waals surface area contributed by atoms with Crippen molar-refractivity contribution in [2.45, 2.75) is 19.6 Å². The van der Waals surface area contributed by atoms with E-state index in [1.807, 2.05) is 0 Å². The Balaban J connectivity index is 3.17. The topological polar surface area (TPSA) is 22.0 Å². The van der Waals surface area contributed by atoms with Gasteiger partial charge in [-0.3, -0.25) is 9.36 Å². The molecule has 6 heteroatoms. The third kappa shape index (κ3) is 2.17. The largest absolute Gasteiger partial charge is 0.432 e. The molecule has 0 aliphatic heterocycles. The first kappa shape index (κ1) is 10.9. The zero-order valence-corrected chi connectivity index (χ0v) is 8.00. The van der Waals surface area contributed by atoms with Gasteiger partial charge in [-0.05, 0) is 6.92 Å². The van der Waals surface area contributed by atoms with Gasteiger partial charge in [-0.25, -0.2) is 0 Å². The maximum atomic E-state index is 12.3. The second-order valence-corrected chi connectivity index (χ2v) is 3.22. The molecule has 0 aliphatic rings. The second-order valence-electron chi connectivity index (χ2n) is 2.40. The van der Waals surface area contributed by atoms with Crippen LogP contribution in [0.4, 0.5) is 13.2 Å². The van der Waals surface area contributed by atoms with Crippen LogP contribution in [0.5, 0.6) is 0 Å². The number of alkyl halides is 3.